The van der Waals surface area contributed by atoms with Gasteiger partial charge >= 0.3 is 0 Å². The van der Waals surface area contributed by atoms with Gasteiger partial charge in [-0.25, -0.2) is 0 Å². The fourth-order valence-corrected chi connectivity index (χ4v) is 1.03. The van der Waals surface area contributed by atoms with Gasteiger partial charge in [0.05, 0.1) is 0 Å². The van der Waals surface area contributed by atoms with Gasteiger partial charge in [0.2, 0.25) is 12.3 Å². The van der Waals surface area contributed by atoms with Crippen LogP contribution in [0.2, 0.25) is 0 Å². The van der Waals surface area contributed by atoms with Crippen molar-refractivity contribution in [2.45, 2.75) is 45.4 Å². The summed E-state index contributed by atoms with van der Waals surface area (Å²) < 4.78 is 0. The molecular formula is C9H17NO2. The lowest BCUT2D eigenvalue weighted by molar-refractivity contribution is -0.125. The van der Waals surface area contributed by atoms with Crippen molar-refractivity contribution in [3.63, 3.8) is 0 Å². The fraction of sp³-hybridized carbons (Fsp3) is 0.778. The van der Waals surface area contributed by atoms with Gasteiger partial charge in [0.15, 0.2) is 0 Å². The number of nitrogens with one attached hydrogen (secondary N) is 1. The maximum absolute atomic E-state index is 10.7. The molecule has 0 saturated carbocycles. The molecule has 0 aliphatic rings. The van der Waals surface area contributed by atoms with Gasteiger partial charge < -0.3 is 0 Å². The van der Waals surface area contributed by atoms with Crippen molar-refractivity contribution in [1.82, 2.24) is 5.32 Å². The molecule has 0 aromatic heterocycles. The van der Waals surface area contributed by atoms with Gasteiger partial charge in [0, 0.05) is 6.42 Å². The quantitative estimate of drug-likeness (QED) is 0.467. The molecule has 3 nitrogen and oxygen atoms in total. The van der Waals surface area contributed by atoms with Crippen molar-refractivity contribution in [2.24, 2.45) is 0 Å². The highest BCUT2D eigenvalue weighted by molar-refractivity contribution is 5.85. The second kappa shape index (κ2) is 8.24. The first-order chi connectivity index (χ1) is 5.81. The van der Waals surface area contributed by atoms with Gasteiger partial charge in [-0.05, 0) is 6.42 Å². The number of rotatable bonds is 7. The van der Waals surface area contributed by atoms with E-state index in [1.165, 1.54) is 19.3 Å². The monoisotopic (exact) mass is 171 g/mol. The molecule has 0 aliphatic carbocycles. The molecule has 0 aromatic rings. The minimum absolute atomic E-state index is 0.165. The Morgan fingerprint density at radius 1 is 1.25 bits per heavy atom. The van der Waals surface area contributed by atoms with Crippen molar-refractivity contribution in [3.05, 3.63) is 0 Å². The van der Waals surface area contributed by atoms with Crippen LogP contribution in [0.15, 0.2) is 0 Å². The molecule has 0 aliphatic heterocycles. The first-order valence-corrected chi connectivity index (χ1v) is 4.54. The van der Waals surface area contributed by atoms with E-state index >= 15 is 0 Å². The Morgan fingerprint density at radius 2 is 1.92 bits per heavy atom. The SMILES string of the molecule is CCCCCCCC(=O)NC=O. The molecule has 0 heterocycles. The van der Waals surface area contributed by atoms with Crippen LogP contribution in [0.3, 0.4) is 0 Å². The summed E-state index contributed by atoms with van der Waals surface area (Å²) in [6.07, 6.45) is 6.51. The molecule has 3 heteroatoms. The maximum Gasteiger partial charge on any atom is 0.226 e. The molecule has 2 amide bonds. The molecular weight excluding hydrogens is 154 g/mol. The van der Waals surface area contributed by atoms with E-state index in [0.717, 1.165) is 12.8 Å². The van der Waals surface area contributed by atoms with Crippen molar-refractivity contribution in [3.8, 4) is 0 Å². The van der Waals surface area contributed by atoms with Crippen molar-refractivity contribution < 1.29 is 9.59 Å². The number of carbonyl (C=O) groups excluding carboxylic acids is 2. The molecule has 0 spiro atoms. The first kappa shape index (κ1) is 11.1. The van der Waals surface area contributed by atoms with E-state index in [4.69, 9.17) is 0 Å². The normalized spacial score (nSPS) is 9.42. The van der Waals surface area contributed by atoms with Gasteiger partial charge in [-0.15, -0.1) is 0 Å². The molecule has 12 heavy (non-hydrogen) atoms. The van der Waals surface area contributed by atoms with Crippen molar-refractivity contribution in [2.75, 3.05) is 0 Å². The summed E-state index contributed by atoms with van der Waals surface area (Å²) in [5.74, 6) is -0.165. The zero-order valence-electron chi connectivity index (χ0n) is 7.64. The highest BCUT2D eigenvalue weighted by Gasteiger charge is 1.97. The molecule has 0 fully saturated rings. The summed E-state index contributed by atoms with van der Waals surface area (Å²) in [5, 5.41) is 2.12. The summed E-state index contributed by atoms with van der Waals surface area (Å²) in [6, 6.07) is 0. The van der Waals surface area contributed by atoms with E-state index in [9.17, 15) is 9.59 Å². The second-order valence-electron chi connectivity index (χ2n) is 2.85. The summed E-state index contributed by atoms with van der Waals surface area (Å²) >= 11 is 0. The average Bonchev–Trinajstić information content (AvgIpc) is 2.05. The molecule has 70 valence electrons. The van der Waals surface area contributed by atoms with Crippen LogP contribution in [-0.2, 0) is 9.59 Å². The van der Waals surface area contributed by atoms with Gasteiger partial charge in [-0.3, -0.25) is 14.9 Å². The lowest BCUT2D eigenvalue weighted by atomic mass is 10.1. The van der Waals surface area contributed by atoms with Crippen molar-refractivity contribution in [1.29, 1.82) is 0 Å². The van der Waals surface area contributed by atoms with Crippen LogP contribution in [0, 0.1) is 0 Å². The predicted molar refractivity (Wildman–Crippen MR) is 47.6 cm³/mol. The molecule has 1 N–H and O–H groups in total. The molecule has 0 unspecified atom stereocenters. The van der Waals surface area contributed by atoms with Gasteiger partial charge in [-0.2, -0.15) is 0 Å². The smallest absolute Gasteiger partial charge is 0.226 e. The Kier molecular flexibility index (Phi) is 7.65. The van der Waals surface area contributed by atoms with Crippen LogP contribution < -0.4 is 5.32 Å². The third-order valence-corrected chi connectivity index (χ3v) is 1.73. The highest BCUT2D eigenvalue weighted by atomic mass is 16.2. The van der Waals surface area contributed by atoms with Crippen LogP contribution in [0.1, 0.15) is 45.4 Å². The minimum Gasteiger partial charge on any atom is -0.299 e. The zero-order valence-corrected chi connectivity index (χ0v) is 7.64. The maximum atomic E-state index is 10.7. The Hall–Kier alpha value is -0.860. The summed E-state index contributed by atoms with van der Waals surface area (Å²) in [6.45, 7) is 2.15. The predicted octanol–water partition coefficient (Wildman–Crippen LogP) is 1.62. The van der Waals surface area contributed by atoms with Gasteiger partial charge in [-0.1, -0.05) is 32.6 Å². The van der Waals surface area contributed by atoms with Crippen LogP contribution in [0.5, 0.6) is 0 Å². The molecule has 0 atom stereocenters. The van der Waals surface area contributed by atoms with Crippen molar-refractivity contribution >= 4 is 12.3 Å². The molecule has 0 saturated heterocycles. The van der Waals surface area contributed by atoms with Gasteiger partial charge in [0.1, 0.15) is 0 Å². The third kappa shape index (κ3) is 7.25. The fourth-order valence-electron chi connectivity index (χ4n) is 1.03. The lowest BCUT2D eigenvalue weighted by Crippen LogP contribution is -2.20. The van der Waals surface area contributed by atoms with E-state index in [0.29, 0.717) is 12.8 Å². The van der Waals surface area contributed by atoms with Crippen LogP contribution >= 0.6 is 0 Å². The Morgan fingerprint density at radius 3 is 2.50 bits per heavy atom. The number of imide groups is 1. The standard InChI is InChI=1S/C9H17NO2/c1-2-3-4-5-6-7-9(12)10-8-11/h8H,2-7H2,1H3,(H,10,11,12). The third-order valence-electron chi connectivity index (χ3n) is 1.73. The topological polar surface area (TPSA) is 46.2 Å². The lowest BCUT2D eigenvalue weighted by Gasteiger charge is -1.98. The van der Waals surface area contributed by atoms with E-state index in [-0.39, 0.29) is 5.91 Å². The van der Waals surface area contributed by atoms with E-state index < -0.39 is 0 Å². The molecule has 0 rings (SSSR count). The summed E-state index contributed by atoms with van der Waals surface area (Å²) in [5.41, 5.74) is 0. The largest absolute Gasteiger partial charge is 0.299 e. The second-order valence-corrected chi connectivity index (χ2v) is 2.85. The van der Waals surface area contributed by atoms with Crippen LogP contribution in [0.4, 0.5) is 0 Å². The molecule has 0 aromatic carbocycles. The number of hydrogen-bond donors (Lipinski definition) is 1. The first-order valence-electron chi connectivity index (χ1n) is 4.54. The number of hydrogen-bond acceptors (Lipinski definition) is 2. The van der Waals surface area contributed by atoms with E-state index in [1.807, 2.05) is 0 Å². The van der Waals surface area contributed by atoms with Crippen LogP contribution in [-0.4, -0.2) is 12.3 Å². The summed E-state index contributed by atoms with van der Waals surface area (Å²) in [4.78, 5) is 20.6. The Balaban J connectivity index is 3.08. The Labute approximate surface area is 73.5 Å². The van der Waals surface area contributed by atoms with E-state index in [2.05, 4.69) is 12.2 Å². The van der Waals surface area contributed by atoms with E-state index in [1.54, 1.807) is 0 Å². The van der Waals surface area contributed by atoms with Crippen LogP contribution in [0.25, 0.3) is 0 Å². The highest BCUT2D eigenvalue weighted by Crippen LogP contribution is 2.04. The minimum atomic E-state index is -0.165. The van der Waals surface area contributed by atoms with Gasteiger partial charge in [0.25, 0.3) is 0 Å². The average molecular weight is 171 g/mol. The Bertz CT molecular complexity index is 134. The summed E-state index contributed by atoms with van der Waals surface area (Å²) in [7, 11) is 0. The number of unbranched alkanes of at least 4 members (excludes halogenated alkanes) is 4. The number of amides is 2. The number of carbonyl (C=O) groups is 2. The zero-order chi connectivity index (χ0) is 9.23. The molecule has 0 bridgehead atoms. The molecule has 0 radical (unpaired) electrons.